The van der Waals surface area contributed by atoms with Gasteiger partial charge in [0.15, 0.2) is 6.23 Å². The molecule has 0 saturated carbocycles. The minimum atomic E-state index is -0.119. The predicted octanol–water partition coefficient (Wildman–Crippen LogP) is 3.17. The summed E-state index contributed by atoms with van der Waals surface area (Å²) in [6.07, 6.45) is 1.88. The fourth-order valence-electron chi connectivity index (χ4n) is 3.14. The van der Waals surface area contributed by atoms with Gasteiger partial charge in [0.2, 0.25) is 0 Å². The van der Waals surface area contributed by atoms with Crippen molar-refractivity contribution in [1.82, 2.24) is 19.9 Å². The Balaban J connectivity index is 1.46. The molecule has 1 fully saturated rings. The minimum Gasteiger partial charge on any atom is -0.356 e. The number of hydrogen-bond donors (Lipinski definition) is 0. The van der Waals surface area contributed by atoms with E-state index in [4.69, 9.17) is 4.74 Å². The maximum Gasteiger partial charge on any atom is 0.157 e. The first kappa shape index (κ1) is 16.0. The van der Waals surface area contributed by atoms with Crippen molar-refractivity contribution in [3.63, 3.8) is 0 Å². The molecule has 5 heteroatoms. The van der Waals surface area contributed by atoms with E-state index in [1.807, 2.05) is 16.9 Å². The zero-order valence-electron chi connectivity index (χ0n) is 14.4. The lowest BCUT2D eigenvalue weighted by Crippen LogP contribution is -2.23. The average molecular weight is 334 g/mol. The van der Waals surface area contributed by atoms with Gasteiger partial charge in [0, 0.05) is 13.1 Å². The van der Waals surface area contributed by atoms with Crippen molar-refractivity contribution in [3.05, 3.63) is 83.2 Å². The lowest BCUT2D eigenvalue weighted by molar-refractivity contribution is 0.0252. The van der Waals surface area contributed by atoms with Gasteiger partial charge in [0.25, 0.3) is 0 Å². The van der Waals surface area contributed by atoms with E-state index in [0.717, 1.165) is 31.9 Å². The number of ether oxygens (including phenoxy) is 1. The Labute approximate surface area is 147 Å². The van der Waals surface area contributed by atoms with Crippen LogP contribution in [0.5, 0.6) is 0 Å². The Bertz CT molecular complexity index is 813. The Hall–Kier alpha value is -2.50. The van der Waals surface area contributed by atoms with Crippen LogP contribution in [0, 0.1) is 6.92 Å². The molecule has 128 valence electrons. The van der Waals surface area contributed by atoms with Gasteiger partial charge in [0.1, 0.15) is 5.69 Å². The van der Waals surface area contributed by atoms with Gasteiger partial charge in [-0.1, -0.05) is 65.4 Å². The van der Waals surface area contributed by atoms with E-state index in [1.54, 1.807) is 0 Å². The van der Waals surface area contributed by atoms with Crippen molar-refractivity contribution in [3.8, 4) is 0 Å². The summed E-state index contributed by atoms with van der Waals surface area (Å²) in [5.41, 5.74) is 4.64. The summed E-state index contributed by atoms with van der Waals surface area (Å²) in [4.78, 5) is 2.30. The first-order chi connectivity index (χ1) is 12.3. The summed E-state index contributed by atoms with van der Waals surface area (Å²) >= 11 is 0. The second-order valence-electron chi connectivity index (χ2n) is 6.51. The molecule has 0 aliphatic carbocycles. The van der Waals surface area contributed by atoms with Crippen LogP contribution in [0.15, 0.2) is 60.8 Å². The van der Waals surface area contributed by atoms with Crippen LogP contribution in [0.1, 0.15) is 28.6 Å². The van der Waals surface area contributed by atoms with Crippen LogP contribution in [0.4, 0.5) is 0 Å². The predicted molar refractivity (Wildman–Crippen MR) is 95.8 cm³/mol. The van der Waals surface area contributed by atoms with E-state index in [9.17, 15) is 0 Å². The summed E-state index contributed by atoms with van der Waals surface area (Å²) < 4.78 is 7.79. The molecule has 2 heterocycles. The summed E-state index contributed by atoms with van der Waals surface area (Å²) in [5, 5.41) is 8.63. The molecule has 0 radical (unpaired) electrons. The molecule has 1 aromatic heterocycles. The monoisotopic (exact) mass is 334 g/mol. The zero-order valence-corrected chi connectivity index (χ0v) is 14.4. The van der Waals surface area contributed by atoms with Crippen LogP contribution in [-0.4, -0.2) is 33.0 Å². The largest absolute Gasteiger partial charge is 0.356 e. The number of rotatable bonds is 5. The maximum atomic E-state index is 5.91. The highest BCUT2D eigenvalue weighted by Crippen LogP contribution is 2.26. The molecule has 1 unspecified atom stereocenters. The van der Waals surface area contributed by atoms with Crippen LogP contribution in [0.25, 0.3) is 0 Å². The molecular weight excluding hydrogens is 312 g/mol. The Morgan fingerprint density at radius 2 is 1.76 bits per heavy atom. The van der Waals surface area contributed by atoms with Crippen molar-refractivity contribution >= 4 is 0 Å². The van der Waals surface area contributed by atoms with Crippen molar-refractivity contribution in [2.75, 3.05) is 13.2 Å². The number of aryl methyl sites for hydroxylation is 1. The van der Waals surface area contributed by atoms with Gasteiger partial charge in [-0.25, -0.2) is 4.68 Å². The standard InChI is InChI=1S/C20H22N4O/c1-16-7-9-18(10-8-16)14-24-15-19(21-22-24)20-23(11-12-25-20)13-17-5-3-2-4-6-17/h2-10,15,20H,11-14H2,1H3. The zero-order chi connectivity index (χ0) is 17.1. The molecular formula is C20H22N4O. The van der Waals surface area contributed by atoms with E-state index >= 15 is 0 Å². The van der Waals surface area contributed by atoms with Crippen LogP contribution in [0.2, 0.25) is 0 Å². The summed E-state index contributed by atoms with van der Waals surface area (Å²) in [6, 6.07) is 19.0. The van der Waals surface area contributed by atoms with Crippen molar-refractivity contribution in [2.24, 2.45) is 0 Å². The Morgan fingerprint density at radius 1 is 1.00 bits per heavy atom. The molecule has 1 saturated heterocycles. The third-order valence-corrected chi connectivity index (χ3v) is 4.49. The van der Waals surface area contributed by atoms with E-state index < -0.39 is 0 Å². The van der Waals surface area contributed by atoms with Gasteiger partial charge in [-0.05, 0) is 18.1 Å². The van der Waals surface area contributed by atoms with Gasteiger partial charge in [-0.2, -0.15) is 0 Å². The summed E-state index contributed by atoms with van der Waals surface area (Å²) in [6.45, 7) is 5.30. The molecule has 0 amide bonds. The lowest BCUT2D eigenvalue weighted by Gasteiger charge is -2.20. The second kappa shape index (κ2) is 7.17. The van der Waals surface area contributed by atoms with Gasteiger partial charge < -0.3 is 4.74 Å². The fourth-order valence-corrected chi connectivity index (χ4v) is 3.14. The van der Waals surface area contributed by atoms with E-state index in [0.29, 0.717) is 0 Å². The molecule has 1 atom stereocenters. The summed E-state index contributed by atoms with van der Waals surface area (Å²) in [7, 11) is 0. The number of hydrogen-bond acceptors (Lipinski definition) is 4. The number of aromatic nitrogens is 3. The quantitative estimate of drug-likeness (QED) is 0.719. The van der Waals surface area contributed by atoms with Crippen LogP contribution < -0.4 is 0 Å². The van der Waals surface area contributed by atoms with Crippen molar-refractivity contribution < 1.29 is 4.74 Å². The summed E-state index contributed by atoms with van der Waals surface area (Å²) in [5.74, 6) is 0. The lowest BCUT2D eigenvalue weighted by atomic mass is 10.1. The van der Waals surface area contributed by atoms with Crippen LogP contribution >= 0.6 is 0 Å². The van der Waals surface area contributed by atoms with Gasteiger partial charge >= 0.3 is 0 Å². The highest BCUT2D eigenvalue weighted by atomic mass is 16.5. The van der Waals surface area contributed by atoms with E-state index in [2.05, 4.69) is 70.7 Å². The minimum absolute atomic E-state index is 0.119. The second-order valence-corrected chi connectivity index (χ2v) is 6.51. The Kier molecular flexibility index (Phi) is 4.59. The fraction of sp³-hybridized carbons (Fsp3) is 0.300. The van der Waals surface area contributed by atoms with E-state index in [-0.39, 0.29) is 6.23 Å². The van der Waals surface area contributed by atoms with Gasteiger partial charge in [0.05, 0.1) is 19.3 Å². The molecule has 4 rings (SSSR count). The molecule has 1 aliphatic rings. The van der Waals surface area contributed by atoms with Crippen molar-refractivity contribution in [1.29, 1.82) is 0 Å². The molecule has 1 aliphatic heterocycles. The SMILES string of the molecule is Cc1ccc(Cn2cc(C3OCCN3Cc3ccccc3)nn2)cc1. The van der Waals surface area contributed by atoms with Crippen LogP contribution in [-0.2, 0) is 17.8 Å². The molecule has 0 bridgehead atoms. The molecule has 5 nitrogen and oxygen atoms in total. The maximum absolute atomic E-state index is 5.91. The first-order valence-corrected chi connectivity index (χ1v) is 8.63. The molecule has 0 N–H and O–H groups in total. The molecule has 2 aromatic carbocycles. The molecule has 25 heavy (non-hydrogen) atoms. The van der Waals surface area contributed by atoms with E-state index in [1.165, 1.54) is 16.7 Å². The smallest absolute Gasteiger partial charge is 0.157 e. The third-order valence-electron chi connectivity index (χ3n) is 4.49. The molecule has 3 aromatic rings. The Morgan fingerprint density at radius 3 is 2.56 bits per heavy atom. The third kappa shape index (κ3) is 3.78. The first-order valence-electron chi connectivity index (χ1n) is 8.63. The normalized spacial score (nSPS) is 17.9. The highest BCUT2D eigenvalue weighted by molar-refractivity contribution is 5.21. The number of benzene rings is 2. The van der Waals surface area contributed by atoms with Gasteiger partial charge in [-0.3, -0.25) is 4.90 Å². The molecule has 0 spiro atoms. The van der Waals surface area contributed by atoms with Gasteiger partial charge in [-0.15, -0.1) is 5.10 Å². The highest BCUT2D eigenvalue weighted by Gasteiger charge is 2.29. The topological polar surface area (TPSA) is 43.2 Å². The van der Waals surface area contributed by atoms with Crippen molar-refractivity contribution in [2.45, 2.75) is 26.2 Å². The van der Waals surface area contributed by atoms with Crippen LogP contribution in [0.3, 0.4) is 0 Å². The average Bonchev–Trinajstić information content (AvgIpc) is 3.27. The number of nitrogens with zero attached hydrogens (tertiary/aromatic N) is 4.